The van der Waals surface area contributed by atoms with E-state index >= 15 is 0 Å². The van der Waals surface area contributed by atoms with E-state index in [9.17, 15) is 5.11 Å². The number of aliphatic hydroxyl groups is 1. The van der Waals surface area contributed by atoms with Crippen LogP contribution < -0.4 is 5.32 Å². The predicted molar refractivity (Wildman–Crippen MR) is 69.0 cm³/mol. The average molecular weight is 233 g/mol. The zero-order valence-electron chi connectivity index (χ0n) is 10.5. The maximum Gasteiger partial charge on any atom is 0.0960 e. The molecule has 2 aromatic rings. The molecule has 0 aliphatic carbocycles. The SMILES string of the molecule is CNCC(O)c1ccc2c(c1)ncn2C(C)C. The number of likely N-dealkylation sites (N-methyl/N-ethyl adjacent to an activating group) is 1. The van der Waals surface area contributed by atoms with Crippen LogP contribution in [-0.2, 0) is 0 Å². The topological polar surface area (TPSA) is 50.1 Å². The van der Waals surface area contributed by atoms with Crippen LogP contribution in [0.2, 0.25) is 0 Å². The molecule has 2 rings (SSSR count). The standard InChI is InChI=1S/C13H19N3O/c1-9(2)16-8-15-11-6-10(4-5-12(11)16)13(17)7-14-3/h4-6,8-9,13-14,17H,7H2,1-3H3. The van der Waals surface area contributed by atoms with E-state index in [1.807, 2.05) is 31.6 Å². The van der Waals surface area contributed by atoms with Crippen molar-refractivity contribution in [3.05, 3.63) is 30.1 Å². The van der Waals surface area contributed by atoms with Gasteiger partial charge in [-0.3, -0.25) is 0 Å². The minimum Gasteiger partial charge on any atom is -0.387 e. The first-order valence-corrected chi connectivity index (χ1v) is 5.92. The minimum atomic E-state index is -0.478. The molecule has 0 radical (unpaired) electrons. The van der Waals surface area contributed by atoms with Crippen LogP contribution in [0.1, 0.15) is 31.6 Å². The zero-order chi connectivity index (χ0) is 12.4. The van der Waals surface area contributed by atoms with Crippen molar-refractivity contribution < 1.29 is 5.11 Å². The molecule has 0 aliphatic heterocycles. The molecule has 17 heavy (non-hydrogen) atoms. The third kappa shape index (κ3) is 2.33. The van der Waals surface area contributed by atoms with Gasteiger partial charge >= 0.3 is 0 Å². The summed E-state index contributed by atoms with van der Waals surface area (Å²) in [6.45, 7) is 4.81. The lowest BCUT2D eigenvalue weighted by molar-refractivity contribution is 0.178. The number of nitrogens with zero attached hydrogens (tertiary/aromatic N) is 2. The molecule has 0 bridgehead atoms. The number of imidazole rings is 1. The third-order valence-electron chi connectivity index (χ3n) is 2.94. The van der Waals surface area contributed by atoms with E-state index in [1.54, 1.807) is 0 Å². The van der Waals surface area contributed by atoms with Gasteiger partial charge < -0.3 is 15.0 Å². The largest absolute Gasteiger partial charge is 0.387 e. The Morgan fingerprint density at radius 2 is 2.18 bits per heavy atom. The summed E-state index contributed by atoms with van der Waals surface area (Å²) in [7, 11) is 1.83. The molecule has 1 aromatic heterocycles. The van der Waals surface area contributed by atoms with Gasteiger partial charge in [0.25, 0.3) is 0 Å². The summed E-state index contributed by atoms with van der Waals surface area (Å²) >= 11 is 0. The average Bonchev–Trinajstić information content (AvgIpc) is 2.71. The summed E-state index contributed by atoms with van der Waals surface area (Å²) in [4.78, 5) is 4.37. The molecule has 0 spiro atoms. The smallest absolute Gasteiger partial charge is 0.0960 e. The second-order valence-electron chi connectivity index (χ2n) is 4.57. The summed E-state index contributed by atoms with van der Waals surface area (Å²) in [5, 5.41) is 12.9. The highest BCUT2D eigenvalue weighted by Crippen LogP contribution is 2.21. The van der Waals surface area contributed by atoms with Gasteiger partial charge in [0.2, 0.25) is 0 Å². The summed E-state index contributed by atoms with van der Waals surface area (Å²) in [6, 6.07) is 6.34. The molecule has 0 saturated heterocycles. The van der Waals surface area contributed by atoms with Crippen LogP contribution in [-0.4, -0.2) is 28.3 Å². The van der Waals surface area contributed by atoms with Gasteiger partial charge in [-0.2, -0.15) is 0 Å². The Labute approximate surface area is 101 Å². The van der Waals surface area contributed by atoms with E-state index in [4.69, 9.17) is 0 Å². The lowest BCUT2D eigenvalue weighted by Crippen LogP contribution is -2.16. The van der Waals surface area contributed by atoms with Gasteiger partial charge in [-0.15, -0.1) is 0 Å². The first-order chi connectivity index (χ1) is 8.13. The van der Waals surface area contributed by atoms with Gasteiger partial charge in [0.05, 0.1) is 23.5 Å². The molecule has 2 N–H and O–H groups in total. The maximum atomic E-state index is 9.90. The Bertz CT molecular complexity index is 504. The Morgan fingerprint density at radius 1 is 1.41 bits per heavy atom. The minimum absolute atomic E-state index is 0.396. The lowest BCUT2D eigenvalue weighted by Gasteiger charge is -2.11. The highest BCUT2D eigenvalue weighted by atomic mass is 16.3. The molecule has 1 unspecified atom stereocenters. The molecule has 92 valence electrons. The van der Waals surface area contributed by atoms with Crippen molar-refractivity contribution in [3.8, 4) is 0 Å². The Balaban J connectivity index is 2.39. The highest BCUT2D eigenvalue weighted by Gasteiger charge is 2.10. The second kappa shape index (κ2) is 4.85. The fraction of sp³-hybridized carbons (Fsp3) is 0.462. The van der Waals surface area contributed by atoms with Gasteiger partial charge in [0, 0.05) is 12.6 Å². The first kappa shape index (κ1) is 12.1. The molecule has 0 saturated carbocycles. The third-order valence-corrected chi connectivity index (χ3v) is 2.94. The van der Waals surface area contributed by atoms with Crippen molar-refractivity contribution in [2.75, 3.05) is 13.6 Å². The second-order valence-corrected chi connectivity index (χ2v) is 4.57. The van der Waals surface area contributed by atoms with E-state index in [0.717, 1.165) is 16.6 Å². The van der Waals surface area contributed by atoms with Crippen molar-refractivity contribution in [2.24, 2.45) is 0 Å². The van der Waals surface area contributed by atoms with Crippen LogP contribution in [0.3, 0.4) is 0 Å². The van der Waals surface area contributed by atoms with Crippen LogP contribution in [0, 0.1) is 0 Å². The molecule has 1 aromatic carbocycles. The molecular weight excluding hydrogens is 214 g/mol. The molecule has 4 heteroatoms. The summed E-state index contributed by atoms with van der Waals surface area (Å²) in [5.74, 6) is 0. The molecule has 0 aliphatic rings. The highest BCUT2D eigenvalue weighted by molar-refractivity contribution is 5.76. The fourth-order valence-corrected chi connectivity index (χ4v) is 1.98. The summed E-state index contributed by atoms with van der Waals surface area (Å²) in [5.41, 5.74) is 2.95. The first-order valence-electron chi connectivity index (χ1n) is 5.92. The molecule has 1 atom stereocenters. The zero-order valence-corrected chi connectivity index (χ0v) is 10.5. The van der Waals surface area contributed by atoms with Crippen LogP contribution >= 0.6 is 0 Å². The predicted octanol–water partition coefficient (Wildman–Crippen LogP) is 1.87. The van der Waals surface area contributed by atoms with Gasteiger partial charge in [-0.1, -0.05) is 6.07 Å². The Morgan fingerprint density at radius 3 is 2.82 bits per heavy atom. The monoisotopic (exact) mass is 233 g/mol. The lowest BCUT2D eigenvalue weighted by atomic mass is 10.1. The molecule has 1 heterocycles. The number of nitrogens with one attached hydrogen (secondary N) is 1. The number of fused-ring (bicyclic) bond motifs is 1. The summed E-state index contributed by atoms with van der Waals surface area (Å²) < 4.78 is 2.13. The Hall–Kier alpha value is -1.39. The number of aliphatic hydroxyl groups excluding tert-OH is 1. The van der Waals surface area contributed by atoms with Gasteiger partial charge in [-0.25, -0.2) is 4.98 Å². The van der Waals surface area contributed by atoms with Crippen molar-refractivity contribution in [1.29, 1.82) is 0 Å². The van der Waals surface area contributed by atoms with Crippen molar-refractivity contribution in [2.45, 2.75) is 26.0 Å². The van der Waals surface area contributed by atoms with E-state index in [2.05, 4.69) is 28.7 Å². The van der Waals surface area contributed by atoms with Gasteiger partial charge in [0.15, 0.2) is 0 Å². The van der Waals surface area contributed by atoms with Gasteiger partial charge in [0.1, 0.15) is 0 Å². The van der Waals surface area contributed by atoms with E-state index in [0.29, 0.717) is 12.6 Å². The van der Waals surface area contributed by atoms with Crippen molar-refractivity contribution in [1.82, 2.24) is 14.9 Å². The quantitative estimate of drug-likeness (QED) is 0.847. The number of rotatable bonds is 4. The van der Waals surface area contributed by atoms with E-state index in [1.165, 1.54) is 0 Å². The van der Waals surface area contributed by atoms with Crippen LogP contribution in [0.15, 0.2) is 24.5 Å². The normalized spacial score (nSPS) is 13.5. The number of benzene rings is 1. The van der Waals surface area contributed by atoms with Crippen molar-refractivity contribution >= 4 is 11.0 Å². The van der Waals surface area contributed by atoms with Gasteiger partial charge in [-0.05, 0) is 38.6 Å². The van der Waals surface area contributed by atoms with Crippen LogP contribution in [0.5, 0.6) is 0 Å². The van der Waals surface area contributed by atoms with Crippen LogP contribution in [0.25, 0.3) is 11.0 Å². The molecule has 0 amide bonds. The number of aromatic nitrogens is 2. The number of hydrogen-bond acceptors (Lipinski definition) is 3. The Kier molecular flexibility index (Phi) is 3.45. The van der Waals surface area contributed by atoms with E-state index < -0.39 is 6.10 Å². The molecule has 0 fully saturated rings. The maximum absolute atomic E-state index is 9.90. The summed E-state index contributed by atoms with van der Waals surface area (Å²) in [6.07, 6.45) is 1.37. The van der Waals surface area contributed by atoms with E-state index in [-0.39, 0.29) is 0 Å². The van der Waals surface area contributed by atoms with Crippen LogP contribution in [0.4, 0.5) is 0 Å². The fourth-order valence-electron chi connectivity index (χ4n) is 1.98. The molecular formula is C13H19N3O. The van der Waals surface area contributed by atoms with Crippen molar-refractivity contribution in [3.63, 3.8) is 0 Å². The number of hydrogen-bond donors (Lipinski definition) is 2. The molecule has 4 nitrogen and oxygen atoms in total.